The summed E-state index contributed by atoms with van der Waals surface area (Å²) >= 11 is 0. The molecular formula is C30H42N2O7. The zero-order valence-corrected chi connectivity index (χ0v) is 23.7. The number of carbonyl (C=O) groups is 3. The highest BCUT2D eigenvalue weighted by Crippen LogP contribution is 2.30. The fraction of sp³-hybridized carbons (Fsp3) is 0.533. The van der Waals surface area contributed by atoms with Gasteiger partial charge in [0.1, 0.15) is 6.04 Å². The highest BCUT2D eigenvalue weighted by Gasteiger charge is 2.27. The zero-order chi connectivity index (χ0) is 28.6. The van der Waals surface area contributed by atoms with Gasteiger partial charge in [-0.1, -0.05) is 63.4 Å². The maximum atomic E-state index is 13.2. The Hall–Kier alpha value is -3.62. The van der Waals surface area contributed by atoms with Crippen molar-refractivity contribution in [3.05, 3.63) is 53.9 Å². The van der Waals surface area contributed by atoms with E-state index in [9.17, 15) is 14.4 Å². The highest BCUT2D eigenvalue weighted by molar-refractivity contribution is 5.98. The van der Waals surface area contributed by atoms with Crippen molar-refractivity contribution in [2.45, 2.75) is 72.3 Å². The van der Waals surface area contributed by atoms with Crippen molar-refractivity contribution in [2.75, 3.05) is 20.5 Å². The highest BCUT2D eigenvalue weighted by atomic mass is 16.7. The molecule has 39 heavy (non-hydrogen) atoms. The molecule has 9 nitrogen and oxygen atoms in total. The Bertz CT molecular complexity index is 1040. The lowest BCUT2D eigenvalue weighted by Gasteiger charge is -2.21. The van der Waals surface area contributed by atoms with Gasteiger partial charge in [0, 0.05) is 19.2 Å². The summed E-state index contributed by atoms with van der Waals surface area (Å²) in [6, 6.07) is 11.1. The quantitative estimate of drug-likeness (QED) is 0.217. The first-order chi connectivity index (χ1) is 18.7. The first-order valence-corrected chi connectivity index (χ1v) is 13.6. The summed E-state index contributed by atoms with van der Waals surface area (Å²) in [5, 5.41) is 2.76. The average molecular weight is 543 g/mol. The van der Waals surface area contributed by atoms with Gasteiger partial charge in [-0.05, 0) is 43.6 Å². The van der Waals surface area contributed by atoms with Crippen LogP contribution in [0.2, 0.25) is 0 Å². The maximum absolute atomic E-state index is 13.2. The minimum atomic E-state index is -0.853. The summed E-state index contributed by atoms with van der Waals surface area (Å²) in [4.78, 5) is 41.3. The Morgan fingerprint density at radius 2 is 1.72 bits per heavy atom. The molecule has 0 aliphatic rings. The predicted molar refractivity (Wildman–Crippen MR) is 147 cm³/mol. The van der Waals surface area contributed by atoms with Gasteiger partial charge in [0.15, 0.2) is 17.2 Å². The van der Waals surface area contributed by atoms with E-state index >= 15 is 0 Å². The molecule has 214 valence electrons. The molecule has 1 aromatic heterocycles. The summed E-state index contributed by atoms with van der Waals surface area (Å²) < 4.78 is 20.9. The van der Waals surface area contributed by atoms with E-state index < -0.39 is 30.7 Å². The van der Waals surface area contributed by atoms with Crippen LogP contribution in [0.5, 0.6) is 11.5 Å². The third-order valence-corrected chi connectivity index (χ3v) is 6.27. The van der Waals surface area contributed by atoms with E-state index in [-0.39, 0.29) is 23.8 Å². The number of methoxy groups -OCH3 is 1. The second kappa shape index (κ2) is 17.1. The first kappa shape index (κ1) is 31.6. The minimum absolute atomic E-state index is 0.0120. The molecule has 0 radical (unpaired) electrons. The summed E-state index contributed by atoms with van der Waals surface area (Å²) in [5.41, 5.74) is 1.21. The van der Waals surface area contributed by atoms with Gasteiger partial charge in [-0.25, -0.2) is 9.78 Å². The van der Waals surface area contributed by atoms with Crippen LogP contribution in [-0.4, -0.2) is 49.4 Å². The molecule has 1 aromatic carbocycles. The van der Waals surface area contributed by atoms with E-state index in [1.54, 1.807) is 6.92 Å². The normalized spacial score (nSPS) is 12.4. The maximum Gasteiger partial charge on any atom is 0.328 e. The van der Waals surface area contributed by atoms with Gasteiger partial charge in [-0.15, -0.1) is 0 Å². The molecule has 1 amide bonds. The Labute approximate surface area is 231 Å². The molecule has 2 atom stereocenters. The van der Waals surface area contributed by atoms with Crippen molar-refractivity contribution in [1.29, 1.82) is 0 Å². The smallest absolute Gasteiger partial charge is 0.328 e. The van der Waals surface area contributed by atoms with Gasteiger partial charge < -0.3 is 24.3 Å². The van der Waals surface area contributed by atoms with Crippen LogP contribution < -0.4 is 14.8 Å². The van der Waals surface area contributed by atoms with Crippen LogP contribution in [0.4, 0.5) is 0 Å². The van der Waals surface area contributed by atoms with Gasteiger partial charge in [-0.2, -0.15) is 0 Å². The van der Waals surface area contributed by atoms with Crippen LogP contribution in [0.15, 0.2) is 42.6 Å². The molecule has 2 aromatic rings. The van der Waals surface area contributed by atoms with Crippen LogP contribution in [0.3, 0.4) is 0 Å². The number of ether oxygens (including phenoxy) is 4. The monoisotopic (exact) mass is 542 g/mol. The zero-order valence-electron chi connectivity index (χ0n) is 23.7. The Morgan fingerprint density at radius 1 is 0.974 bits per heavy atom. The number of esters is 2. The number of aromatic nitrogens is 1. The van der Waals surface area contributed by atoms with Crippen LogP contribution in [-0.2, 0) is 25.5 Å². The number of nitrogens with one attached hydrogen (secondary N) is 1. The molecule has 0 spiro atoms. The summed E-state index contributed by atoms with van der Waals surface area (Å²) in [5.74, 6) is -0.326. The van der Waals surface area contributed by atoms with Gasteiger partial charge in [0.25, 0.3) is 5.91 Å². The number of pyridine rings is 1. The van der Waals surface area contributed by atoms with Gasteiger partial charge in [0.2, 0.25) is 6.79 Å². The number of amides is 1. The third kappa shape index (κ3) is 11.3. The van der Waals surface area contributed by atoms with Crippen molar-refractivity contribution in [3.63, 3.8) is 0 Å². The number of hydrogen-bond donors (Lipinski definition) is 1. The number of hydrogen-bond acceptors (Lipinski definition) is 8. The Balaban J connectivity index is 2.12. The Kier molecular flexibility index (Phi) is 13.8. The van der Waals surface area contributed by atoms with E-state index in [0.29, 0.717) is 18.3 Å². The van der Waals surface area contributed by atoms with Crippen molar-refractivity contribution in [2.24, 2.45) is 11.8 Å². The lowest BCUT2D eigenvalue weighted by atomic mass is 9.87. The van der Waals surface area contributed by atoms with Crippen LogP contribution in [0, 0.1) is 11.8 Å². The summed E-state index contributed by atoms with van der Waals surface area (Å²) in [7, 11) is 1.42. The lowest BCUT2D eigenvalue weighted by Crippen LogP contribution is -2.42. The second-order valence-electron chi connectivity index (χ2n) is 9.82. The van der Waals surface area contributed by atoms with E-state index in [2.05, 4.69) is 48.4 Å². The fourth-order valence-electron chi connectivity index (χ4n) is 4.26. The van der Waals surface area contributed by atoms with Crippen LogP contribution in [0.25, 0.3) is 0 Å². The van der Waals surface area contributed by atoms with Gasteiger partial charge >= 0.3 is 11.9 Å². The van der Waals surface area contributed by atoms with Crippen LogP contribution in [0.1, 0.15) is 75.9 Å². The first-order valence-electron chi connectivity index (χ1n) is 13.6. The van der Waals surface area contributed by atoms with Crippen LogP contribution >= 0.6 is 0 Å². The molecule has 0 saturated heterocycles. The molecule has 0 saturated carbocycles. The topological polar surface area (TPSA) is 113 Å². The molecule has 2 unspecified atom stereocenters. The number of carbonyl (C=O) groups excluding carboxylic acids is 3. The molecule has 1 heterocycles. The van der Waals surface area contributed by atoms with Gasteiger partial charge in [-0.3, -0.25) is 9.59 Å². The molecule has 9 heteroatoms. The van der Waals surface area contributed by atoms with Gasteiger partial charge in [0.05, 0.1) is 13.7 Å². The summed E-state index contributed by atoms with van der Waals surface area (Å²) in [6.45, 7) is 7.20. The van der Waals surface area contributed by atoms with Crippen molar-refractivity contribution in [3.8, 4) is 11.5 Å². The lowest BCUT2D eigenvalue weighted by molar-refractivity contribution is -0.147. The Morgan fingerprint density at radius 3 is 2.36 bits per heavy atom. The van der Waals surface area contributed by atoms with E-state index in [4.69, 9.17) is 18.9 Å². The predicted octanol–water partition coefficient (Wildman–Crippen LogP) is 5.12. The third-order valence-electron chi connectivity index (χ3n) is 6.27. The number of benzene rings is 1. The average Bonchev–Trinajstić information content (AvgIpc) is 2.91. The van der Waals surface area contributed by atoms with E-state index in [0.717, 1.165) is 32.1 Å². The van der Waals surface area contributed by atoms with E-state index in [1.807, 2.05) is 6.07 Å². The largest absolute Gasteiger partial charge is 0.493 e. The SMILES string of the molecule is CCOC(=O)C(CCCC(CCC(C)C)Cc1ccccc1)NC(=O)c1nccc(OC)c1OCOC(C)=O. The molecule has 0 aliphatic heterocycles. The van der Waals surface area contributed by atoms with E-state index in [1.165, 1.54) is 31.9 Å². The van der Waals surface area contributed by atoms with Crippen molar-refractivity contribution < 1.29 is 33.3 Å². The molecule has 0 fully saturated rings. The standard InChI is InChI=1S/C30H42N2O7/c1-6-37-30(35)25(14-10-13-24(16-15-21(2)3)19-23-11-8-7-9-12-23)32-29(34)27-28(39-20-38-22(4)33)26(36-5)17-18-31-27/h7-9,11-12,17-18,21,24-25H,6,10,13-16,19-20H2,1-5H3,(H,32,34). The molecule has 2 rings (SSSR count). The summed E-state index contributed by atoms with van der Waals surface area (Å²) in [6.07, 6.45) is 6.68. The number of rotatable bonds is 17. The second-order valence-corrected chi connectivity index (χ2v) is 9.82. The van der Waals surface area contributed by atoms with Crippen molar-refractivity contribution >= 4 is 17.8 Å². The molecule has 0 bridgehead atoms. The number of nitrogens with zero attached hydrogens (tertiary/aromatic N) is 1. The molecule has 0 aliphatic carbocycles. The minimum Gasteiger partial charge on any atom is -0.493 e. The fourth-order valence-corrected chi connectivity index (χ4v) is 4.26. The van der Waals surface area contributed by atoms with Crippen molar-refractivity contribution in [1.82, 2.24) is 10.3 Å². The molecule has 1 N–H and O–H groups in total. The molecular weight excluding hydrogens is 500 g/mol.